The fourth-order valence-corrected chi connectivity index (χ4v) is 1.92. The Labute approximate surface area is 113 Å². The minimum Gasteiger partial charge on any atom is -0.463 e. The summed E-state index contributed by atoms with van der Waals surface area (Å²) in [5.74, 6) is 1.11. The first kappa shape index (κ1) is 13.8. The average Bonchev–Trinajstić information content (AvgIpc) is 2.45. The molecule has 1 saturated heterocycles. The van der Waals surface area contributed by atoms with Gasteiger partial charge >= 0.3 is 6.01 Å². The van der Waals surface area contributed by atoms with Crippen molar-refractivity contribution in [3.8, 4) is 6.01 Å². The third-order valence-corrected chi connectivity index (χ3v) is 3.01. The number of aliphatic hydroxyl groups is 1. The molecule has 0 bridgehead atoms. The lowest BCUT2D eigenvalue weighted by Crippen LogP contribution is -2.37. The van der Waals surface area contributed by atoms with Gasteiger partial charge in [0.1, 0.15) is 0 Å². The van der Waals surface area contributed by atoms with Gasteiger partial charge in [-0.3, -0.25) is 0 Å². The fraction of sp³-hybridized carbons (Fsp3) is 0.750. The number of aliphatic hydroxyl groups excluding tert-OH is 1. The second-order valence-electron chi connectivity index (χ2n) is 4.56. The number of hydrogen-bond donors (Lipinski definition) is 2. The number of nitrogens with zero attached hydrogens (tertiary/aromatic N) is 4. The molecule has 7 nitrogen and oxygen atoms in total. The molecule has 1 aliphatic rings. The molecule has 0 saturated carbocycles. The molecule has 2 rings (SSSR count). The van der Waals surface area contributed by atoms with Crippen LogP contribution in [0.5, 0.6) is 6.01 Å². The molecular formula is C12H21N5O2. The smallest absolute Gasteiger partial charge is 0.323 e. The molecule has 0 atom stereocenters. The number of aromatic nitrogens is 3. The number of hydrogen-bond acceptors (Lipinski definition) is 7. The highest BCUT2D eigenvalue weighted by atomic mass is 16.5. The fourth-order valence-electron chi connectivity index (χ4n) is 1.92. The highest BCUT2D eigenvalue weighted by molar-refractivity contribution is 5.38. The topological polar surface area (TPSA) is 83.4 Å². The summed E-state index contributed by atoms with van der Waals surface area (Å²) in [7, 11) is 1.77. The molecule has 106 valence electrons. The van der Waals surface area contributed by atoms with Crippen molar-refractivity contribution in [1.29, 1.82) is 0 Å². The van der Waals surface area contributed by atoms with E-state index in [-0.39, 0.29) is 6.10 Å². The van der Waals surface area contributed by atoms with Crippen molar-refractivity contribution in [2.24, 2.45) is 0 Å². The number of piperidine rings is 1. The summed E-state index contributed by atoms with van der Waals surface area (Å²) in [6.45, 7) is 4.13. The van der Waals surface area contributed by atoms with Gasteiger partial charge in [0.2, 0.25) is 11.9 Å². The van der Waals surface area contributed by atoms with Gasteiger partial charge in [0.15, 0.2) is 0 Å². The van der Waals surface area contributed by atoms with E-state index in [1.807, 2.05) is 11.8 Å². The van der Waals surface area contributed by atoms with Crippen LogP contribution in [0.1, 0.15) is 26.2 Å². The van der Waals surface area contributed by atoms with Crippen LogP contribution < -0.4 is 15.0 Å². The molecule has 0 unspecified atom stereocenters. The summed E-state index contributed by atoms with van der Waals surface area (Å²) in [5.41, 5.74) is 0. The zero-order valence-electron chi connectivity index (χ0n) is 11.5. The lowest BCUT2D eigenvalue weighted by molar-refractivity contribution is 0.145. The van der Waals surface area contributed by atoms with Gasteiger partial charge in [-0.1, -0.05) is 6.92 Å². The van der Waals surface area contributed by atoms with Gasteiger partial charge in [0.05, 0.1) is 12.7 Å². The first-order chi connectivity index (χ1) is 9.22. The Hall–Kier alpha value is -1.63. The molecule has 1 aliphatic heterocycles. The van der Waals surface area contributed by atoms with Crippen molar-refractivity contribution in [2.45, 2.75) is 32.3 Å². The predicted octanol–water partition coefficient (Wildman–Crippen LogP) is 0.663. The van der Waals surface area contributed by atoms with Crippen LogP contribution >= 0.6 is 0 Å². The lowest BCUT2D eigenvalue weighted by atomic mass is 10.1. The summed E-state index contributed by atoms with van der Waals surface area (Å²) in [5, 5.41) is 12.4. The summed E-state index contributed by atoms with van der Waals surface area (Å²) in [6.07, 6.45) is 2.18. The normalized spacial score (nSPS) is 16.5. The lowest BCUT2D eigenvalue weighted by Gasteiger charge is -2.29. The van der Waals surface area contributed by atoms with Gasteiger partial charge in [-0.2, -0.15) is 15.0 Å². The molecular weight excluding hydrogens is 246 g/mol. The molecule has 2 heterocycles. The van der Waals surface area contributed by atoms with Crippen LogP contribution in [-0.4, -0.2) is 52.9 Å². The maximum Gasteiger partial charge on any atom is 0.323 e. The molecule has 0 radical (unpaired) electrons. The monoisotopic (exact) mass is 267 g/mol. The Balaban J connectivity index is 2.14. The molecule has 7 heteroatoms. The van der Waals surface area contributed by atoms with Gasteiger partial charge in [-0.05, 0) is 19.3 Å². The quantitative estimate of drug-likeness (QED) is 0.811. The van der Waals surface area contributed by atoms with Crippen molar-refractivity contribution in [1.82, 2.24) is 15.0 Å². The molecule has 2 N–H and O–H groups in total. The minimum absolute atomic E-state index is 0.210. The van der Waals surface area contributed by atoms with Gasteiger partial charge in [0, 0.05) is 20.1 Å². The minimum atomic E-state index is -0.210. The van der Waals surface area contributed by atoms with Crippen molar-refractivity contribution in [3.63, 3.8) is 0 Å². The Morgan fingerprint density at radius 3 is 2.68 bits per heavy atom. The van der Waals surface area contributed by atoms with E-state index in [1.165, 1.54) is 0 Å². The van der Waals surface area contributed by atoms with Crippen LogP contribution in [-0.2, 0) is 0 Å². The third kappa shape index (κ3) is 3.66. The second kappa shape index (κ2) is 6.51. The predicted molar refractivity (Wildman–Crippen MR) is 72.6 cm³/mol. The van der Waals surface area contributed by atoms with Crippen molar-refractivity contribution >= 4 is 11.9 Å². The molecule has 19 heavy (non-hydrogen) atoms. The Bertz CT molecular complexity index is 407. The van der Waals surface area contributed by atoms with Gasteiger partial charge < -0.3 is 20.1 Å². The SMILES string of the molecule is CCCOc1nc(NC)nc(N2CCC(O)CC2)n1. The Kier molecular flexibility index (Phi) is 4.73. The molecule has 0 aromatic carbocycles. The zero-order valence-corrected chi connectivity index (χ0v) is 11.5. The van der Waals surface area contributed by atoms with E-state index >= 15 is 0 Å². The molecule has 0 spiro atoms. The highest BCUT2D eigenvalue weighted by Crippen LogP contribution is 2.19. The van der Waals surface area contributed by atoms with Gasteiger partial charge in [0.25, 0.3) is 0 Å². The van der Waals surface area contributed by atoms with Crippen LogP contribution in [0.15, 0.2) is 0 Å². The van der Waals surface area contributed by atoms with E-state index < -0.39 is 0 Å². The number of ether oxygens (including phenoxy) is 1. The Morgan fingerprint density at radius 2 is 2.05 bits per heavy atom. The van der Waals surface area contributed by atoms with Gasteiger partial charge in [-0.25, -0.2) is 0 Å². The van der Waals surface area contributed by atoms with E-state index in [2.05, 4.69) is 20.3 Å². The number of rotatable bonds is 5. The van der Waals surface area contributed by atoms with E-state index in [0.29, 0.717) is 24.5 Å². The highest BCUT2D eigenvalue weighted by Gasteiger charge is 2.20. The van der Waals surface area contributed by atoms with Crippen LogP contribution in [0, 0.1) is 0 Å². The van der Waals surface area contributed by atoms with E-state index in [4.69, 9.17) is 4.74 Å². The summed E-state index contributed by atoms with van der Waals surface area (Å²) >= 11 is 0. The van der Waals surface area contributed by atoms with Crippen LogP contribution in [0.2, 0.25) is 0 Å². The largest absolute Gasteiger partial charge is 0.463 e. The molecule has 1 aromatic rings. The van der Waals surface area contributed by atoms with Crippen molar-refractivity contribution in [3.05, 3.63) is 0 Å². The molecule has 0 aliphatic carbocycles. The van der Waals surface area contributed by atoms with Crippen molar-refractivity contribution in [2.75, 3.05) is 37.0 Å². The Morgan fingerprint density at radius 1 is 1.32 bits per heavy atom. The number of nitrogens with one attached hydrogen (secondary N) is 1. The first-order valence-corrected chi connectivity index (χ1v) is 6.72. The van der Waals surface area contributed by atoms with Gasteiger partial charge in [-0.15, -0.1) is 0 Å². The molecule has 0 amide bonds. The second-order valence-corrected chi connectivity index (χ2v) is 4.56. The van der Waals surface area contributed by atoms with Crippen molar-refractivity contribution < 1.29 is 9.84 Å². The first-order valence-electron chi connectivity index (χ1n) is 6.72. The maximum absolute atomic E-state index is 9.53. The van der Waals surface area contributed by atoms with E-state index in [0.717, 1.165) is 32.4 Å². The van der Waals surface area contributed by atoms with E-state index in [1.54, 1.807) is 7.05 Å². The summed E-state index contributed by atoms with van der Waals surface area (Å²) in [4.78, 5) is 14.9. The third-order valence-electron chi connectivity index (χ3n) is 3.01. The summed E-state index contributed by atoms with van der Waals surface area (Å²) < 4.78 is 5.47. The molecule has 1 fully saturated rings. The van der Waals surface area contributed by atoms with Crippen LogP contribution in [0.4, 0.5) is 11.9 Å². The average molecular weight is 267 g/mol. The standard InChI is InChI=1S/C12H21N5O2/c1-3-8-19-12-15-10(13-2)14-11(16-12)17-6-4-9(18)5-7-17/h9,18H,3-8H2,1-2H3,(H,13,14,15,16). The summed E-state index contributed by atoms with van der Waals surface area (Å²) in [6, 6.07) is 0.349. The molecule has 1 aromatic heterocycles. The van der Waals surface area contributed by atoms with Crippen LogP contribution in [0.3, 0.4) is 0 Å². The number of anilines is 2. The zero-order chi connectivity index (χ0) is 13.7. The van der Waals surface area contributed by atoms with E-state index in [9.17, 15) is 5.11 Å². The van der Waals surface area contributed by atoms with Crippen LogP contribution in [0.25, 0.3) is 0 Å². The maximum atomic E-state index is 9.53.